The highest BCUT2D eigenvalue weighted by molar-refractivity contribution is 7.98. The fourth-order valence-electron chi connectivity index (χ4n) is 3.10. The highest BCUT2D eigenvalue weighted by Gasteiger charge is 2.16. The van der Waals surface area contributed by atoms with Gasteiger partial charge in [-0.1, -0.05) is 47.6 Å². The fraction of sp³-hybridized carbons (Fsp3) is 0.125. The molecule has 0 saturated heterocycles. The Morgan fingerprint density at radius 1 is 0.967 bits per heavy atom. The second-order valence-corrected chi connectivity index (χ2v) is 7.81. The topological polar surface area (TPSA) is 68.0 Å². The maximum atomic E-state index is 12.9. The van der Waals surface area contributed by atoms with Gasteiger partial charge in [0.15, 0.2) is 0 Å². The van der Waals surface area contributed by atoms with Crippen LogP contribution in [0.4, 0.5) is 5.69 Å². The van der Waals surface area contributed by atoms with E-state index in [9.17, 15) is 4.79 Å². The number of aromatic nitrogens is 2. The Morgan fingerprint density at radius 3 is 2.40 bits per heavy atom. The first kappa shape index (κ1) is 19.9. The predicted molar refractivity (Wildman–Crippen MR) is 120 cm³/mol. The van der Waals surface area contributed by atoms with Gasteiger partial charge < -0.3 is 9.84 Å². The first-order valence-corrected chi connectivity index (χ1v) is 10.6. The molecule has 0 saturated carbocycles. The Bertz CT molecular complexity index is 1140. The van der Waals surface area contributed by atoms with Crippen LogP contribution in [-0.2, 0) is 5.75 Å². The van der Waals surface area contributed by atoms with E-state index in [1.165, 1.54) is 11.8 Å². The largest absolute Gasteiger partial charge is 0.361 e. The van der Waals surface area contributed by atoms with Crippen molar-refractivity contribution in [2.24, 2.45) is 0 Å². The highest BCUT2D eigenvalue weighted by Crippen LogP contribution is 2.28. The van der Waals surface area contributed by atoms with Crippen LogP contribution in [0.3, 0.4) is 0 Å². The van der Waals surface area contributed by atoms with Gasteiger partial charge in [-0.05, 0) is 49.2 Å². The zero-order valence-electron chi connectivity index (χ0n) is 16.8. The number of aryl methyl sites for hydroxylation is 2. The lowest BCUT2D eigenvalue weighted by atomic mass is 10.1. The van der Waals surface area contributed by atoms with Crippen molar-refractivity contribution >= 4 is 23.4 Å². The summed E-state index contributed by atoms with van der Waals surface area (Å²) in [6.45, 7) is 3.80. The average Bonchev–Trinajstić information content (AvgIpc) is 3.11. The van der Waals surface area contributed by atoms with E-state index in [4.69, 9.17) is 4.52 Å². The van der Waals surface area contributed by atoms with Gasteiger partial charge in [-0.3, -0.25) is 4.79 Å². The smallest absolute Gasteiger partial charge is 0.258 e. The first-order valence-electron chi connectivity index (χ1n) is 9.58. The van der Waals surface area contributed by atoms with Gasteiger partial charge >= 0.3 is 0 Å². The van der Waals surface area contributed by atoms with Crippen LogP contribution < -0.4 is 5.32 Å². The minimum Gasteiger partial charge on any atom is -0.361 e. The molecule has 4 aromatic rings. The van der Waals surface area contributed by atoms with Crippen LogP contribution in [0.25, 0.3) is 11.1 Å². The third-order valence-electron chi connectivity index (χ3n) is 4.80. The summed E-state index contributed by atoms with van der Waals surface area (Å²) in [7, 11) is 0. The van der Waals surface area contributed by atoms with Gasteiger partial charge in [-0.25, -0.2) is 4.98 Å². The molecule has 2 aromatic carbocycles. The van der Waals surface area contributed by atoms with E-state index in [0.717, 1.165) is 33.8 Å². The second-order valence-electron chi connectivity index (χ2n) is 6.85. The number of amides is 1. The van der Waals surface area contributed by atoms with Crippen molar-refractivity contribution < 1.29 is 9.32 Å². The van der Waals surface area contributed by atoms with E-state index >= 15 is 0 Å². The van der Waals surface area contributed by atoms with Crippen LogP contribution in [0, 0.1) is 13.8 Å². The molecule has 0 aliphatic heterocycles. The number of benzene rings is 2. The van der Waals surface area contributed by atoms with Crippen molar-refractivity contribution in [2.45, 2.75) is 24.6 Å². The van der Waals surface area contributed by atoms with E-state index in [2.05, 4.69) is 27.6 Å². The monoisotopic (exact) mass is 415 g/mol. The van der Waals surface area contributed by atoms with Crippen LogP contribution in [0.1, 0.15) is 27.4 Å². The molecule has 0 radical (unpaired) electrons. The SMILES string of the molecule is Cc1noc(C)c1CSc1ncccc1C(=O)Nc1ccc(-c2ccccc2)cc1. The molecule has 0 fully saturated rings. The molecule has 4 rings (SSSR count). The second kappa shape index (κ2) is 8.97. The molecule has 0 aliphatic carbocycles. The Hall–Kier alpha value is -3.38. The normalized spacial score (nSPS) is 10.7. The number of rotatable bonds is 6. The molecule has 1 amide bonds. The van der Waals surface area contributed by atoms with Crippen LogP contribution in [0.5, 0.6) is 0 Å². The fourth-order valence-corrected chi connectivity index (χ4v) is 4.25. The molecule has 0 bridgehead atoms. The third kappa shape index (κ3) is 4.44. The molecule has 6 heteroatoms. The van der Waals surface area contributed by atoms with Crippen molar-refractivity contribution in [3.05, 3.63) is 95.5 Å². The Labute approximate surface area is 179 Å². The van der Waals surface area contributed by atoms with E-state index in [0.29, 0.717) is 16.3 Å². The molecular weight excluding hydrogens is 394 g/mol. The number of carbonyl (C=O) groups is 1. The molecule has 2 aromatic heterocycles. The van der Waals surface area contributed by atoms with E-state index in [-0.39, 0.29) is 5.91 Å². The summed E-state index contributed by atoms with van der Waals surface area (Å²) in [6, 6.07) is 21.5. The van der Waals surface area contributed by atoms with Gasteiger partial charge in [0, 0.05) is 23.2 Å². The number of hydrogen-bond donors (Lipinski definition) is 1. The van der Waals surface area contributed by atoms with E-state index in [1.54, 1.807) is 18.3 Å². The number of anilines is 1. The van der Waals surface area contributed by atoms with Gasteiger partial charge in [0.2, 0.25) is 0 Å². The van der Waals surface area contributed by atoms with Crippen molar-refractivity contribution in [1.29, 1.82) is 0 Å². The van der Waals surface area contributed by atoms with Crippen LogP contribution >= 0.6 is 11.8 Å². The lowest BCUT2D eigenvalue weighted by molar-refractivity contribution is 0.102. The number of thioether (sulfide) groups is 1. The summed E-state index contributed by atoms with van der Waals surface area (Å²) >= 11 is 1.50. The maximum Gasteiger partial charge on any atom is 0.258 e. The van der Waals surface area contributed by atoms with Gasteiger partial charge in [0.05, 0.1) is 11.3 Å². The molecule has 0 atom stereocenters. The zero-order chi connectivity index (χ0) is 20.9. The minimum atomic E-state index is -0.183. The van der Waals surface area contributed by atoms with Crippen molar-refractivity contribution in [2.75, 3.05) is 5.32 Å². The number of pyridine rings is 1. The van der Waals surface area contributed by atoms with Gasteiger partial charge in [0.1, 0.15) is 10.8 Å². The lowest BCUT2D eigenvalue weighted by Crippen LogP contribution is -2.13. The Balaban J connectivity index is 1.47. The Kier molecular flexibility index (Phi) is 5.95. The summed E-state index contributed by atoms with van der Waals surface area (Å²) in [6.07, 6.45) is 1.70. The quantitative estimate of drug-likeness (QED) is 0.397. The number of nitrogens with zero attached hydrogens (tertiary/aromatic N) is 2. The van der Waals surface area contributed by atoms with Crippen molar-refractivity contribution in [1.82, 2.24) is 10.1 Å². The molecule has 150 valence electrons. The molecule has 0 unspecified atom stereocenters. The Morgan fingerprint density at radius 2 is 1.70 bits per heavy atom. The van der Waals surface area contributed by atoms with E-state index in [1.807, 2.05) is 56.3 Å². The van der Waals surface area contributed by atoms with Crippen molar-refractivity contribution in [3.63, 3.8) is 0 Å². The summed E-state index contributed by atoms with van der Waals surface area (Å²) in [5.41, 5.74) is 5.42. The zero-order valence-corrected chi connectivity index (χ0v) is 17.6. The molecule has 5 nitrogen and oxygen atoms in total. The summed E-state index contributed by atoms with van der Waals surface area (Å²) < 4.78 is 5.22. The number of carbonyl (C=O) groups excluding carboxylic acids is 1. The molecule has 2 heterocycles. The van der Waals surface area contributed by atoms with Crippen LogP contribution in [0.2, 0.25) is 0 Å². The van der Waals surface area contributed by atoms with Gasteiger partial charge in [-0.2, -0.15) is 0 Å². The summed E-state index contributed by atoms with van der Waals surface area (Å²) in [5, 5.41) is 7.63. The van der Waals surface area contributed by atoms with Gasteiger partial charge in [-0.15, -0.1) is 11.8 Å². The summed E-state index contributed by atoms with van der Waals surface area (Å²) in [5.74, 6) is 1.25. The van der Waals surface area contributed by atoms with Crippen LogP contribution in [0.15, 0.2) is 82.5 Å². The van der Waals surface area contributed by atoms with E-state index < -0.39 is 0 Å². The molecule has 0 spiro atoms. The number of hydrogen-bond acceptors (Lipinski definition) is 5. The van der Waals surface area contributed by atoms with Gasteiger partial charge in [0.25, 0.3) is 5.91 Å². The lowest BCUT2D eigenvalue weighted by Gasteiger charge is -2.10. The predicted octanol–water partition coefficient (Wildman–Crippen LogP) is 5.90. The van der Waals surface area contributed by atoms with Crippen molar-refractivity contribution in [3.8, 4) is 11.1 Å². The average molecular weight is 416 g/mol. The third-order valence-corrected chi connectivity index (χ3v) is 5.83. The molecular formula is C24H21N3O2S. The molecule has 0 aliphatic rings. The molecule has 30 heavy (non-hydrogen) atoms. The standard InChI is InChI=1S/C24H21N3O2S/c1-16-22(17(2)29-27-16)15-30-24-21(9-6-14-25-24)23(28)26-20-12-10-19(11-13-20)18-7-4-3-5-8-18/h3-14H,15H2,1-2H3,(H,26,28). The highest BCUT2D eigenvalue weighted by atomic mass is 32.2. The maximum absolute atomic E-state index is 12.9. The molecule has 1 N–H and O–H groups in total. The summed E-state index contributed by atoms with van der Waals surface area (Å²) in [4.78, 5) is 17.3. The number of nitrogens with one attached hydrogen (secondary N) is 1. The minimum absolute atomic E-state index is 0.183. The first-order chi connectivity index (χ1) is 14.6. The van der Waals surface area contributed by atoms with Crippen LogP contribution in [-0.4, -0.2) is 16.0 Å².